The van der Waals surface area contributed by atoms with Crippen molar-refractivity contribution in [2.24, 2.45) is 5.10 Å². The van der Waals surface area contributed by atoms with Crippen molar-refractivity contribution < 1.29 is 9.90 Å². The molecule has 2 aromatic rings. The number of aromatic hydroxyl groups is 1. The predicted molar refractivity (Wildman–Crippen MR) is 103 cm³/mol. The molecule has 0 atom stereocenters. The minimum absolute atomic E-state index is 0.0850. The number of rotatable bonds is 8. The quantitative estimate of drug-likeness (QED) is 0.419. The van der Waals surface area contributed by atoms with Crippen molar-refractivity contribution in [1.82, 2.24) is 5.43 Å². The largest absolute Gasteiger partial charge is 0.507 e. The molecule has 5 nitrogen and oxygen atoms in total. The van der Waals surface area contributed by atoms with Crippen molar-refractivity contribution in [3.05, 3.63) is 59.7 Å². The van der Waals surface area contributed by atoms with E-state index >= 15 is 0 Å². The second-order valence-corrected chi connectivity index (χ2v) is 5.93. The molecule has 0 saturated carbocycles. The number of nitrogens with zero attached hydrogens (tertiary/aromatic N) is 2. The Morgan fingerprint density at radius 2 is 1.72 bits per heavy atom. The predicted octanol–water partition coefficient (Wildman–Crippen LogP) is 3.44. The second-order valence-electron chi connectivity index (χ2n) is 5.17. The van der Waals surface area contributed by atoms with E-state index in [4.69, 9.17) is 23.2 Å². The molecule has 0 radical (unpaired) electrons. The first kappa shape index (κ1) is 19.1. The standard InChI is InChI=1S/C18H19Cl2N3O2/c19-9-11-23(12-10-20)15-7-5-14(6-8-15)13-21-22-18(25)16-3-1-2-4-17(16)24/h1-8,13,24H,9-12H2,(H,22,25)/b21-13-. The van der Waals surface area contributed by atoms with E-state index in [0.717, 1.165) is 24.3 Å². The molecule has 0 unspecified atom stereocenters. The Hall–Kier alpha value is -2.24. The van der Waals surface area contributed by atoms with Crippen molar-refractivity contribution in [1.29, 1.82) is 0 Å². The van der Waals surface area contributed by atoms with Gasteiger partial charge in [0, 0.05) is 30.5 Å². The van der Waals surface area contributed by atoms with Crippen molar-refractivity contribution in [3.8, 4) is 5.75 Å². The molecule has 0 saturated heterocycles. The highest BCUT2D eigenvalue weighted by Gasteiger charge is 2.08. The summed E-state index contributed by atoms with van der Waals surface area (Å²) >= 11 is 11.6. The molecule has 25 heavy (non-hydrogen) atoms. The number of phenols is 1. The molecular weight excluding hydrogens is 361 g/mol. The lowest BCUT2D eigenvalue weighted by molar-refractivity contribution is 0.0952. The van der Waals surface area contributed by atoms with Crippen LogP contribution in [0.2, 0.25) is 0 Å². The highest BCUT2D eigenvalue weighted by atomic mass is 35.5. The molecule has 2 rings (SSSR count). The fraction of sp³-hybridized carbons (Fsp3) is 0.222. The van der Waals surface area contributed by atoms with Crippen LogP contribution >= 0.6 is 23.2 Å². The molecule has 132 valence electrons. The number of alkyl halides is 2. The zero-order chi connectivity index (χ0) is 18.1. The number of hydrogen-bond acceptors (Lipinski definition) is 4. The van der Waals surface area contributed by atoms with Gasteiger partial charge >= 0.3 is 0 Å². The Morgan fingerprint density at radius 3 is 2.32 bits per heavy atom. The van der Waals surface area contributed by atoms with Gasteiger partial charge in [0.1, 0.15) is 5.75 Å². The van der Waals surface area contributed by atoms with Crippen molar-refractivity contribution in [2.75, 3.05) is 29.7 Å². The average molecular weight is 380 g/mol. The van der Waals surface area contributed by atoms with Gasteiger partial charge in [-0.05, 0) is 29.8 Å². The molecule has 0 fully saturated rings. The highest BCUT2D eigenvalue weighted by Crippen LogP contribution is 2.16. The lowest BCUT2D eigenvalue weighted by Crippen LogP contribution is -2.27. The SMILES string of the molecule is O=C(N/N=C\c1ccc(N(CCCl)CCCl)cc1)c1ccccc1O. The van der Waals surface area contributed by atoms with Gasteiger partial charge in [-0.1, -0.05) is 24.3 Å². The Balaban J connectivity index is 1.97. The van der Waals surface area contributed by atoms with Crippen LogP contribution in [0.15, 0.2) is 53.6 Å². The van der Waals surface area contributed by atoms with Gasteiger partial charge in [0.2, 0.25) is 0 Å². The van der Waals surface area contributed by atoms with Gasteiger partial charge in [0.15, 0.2) is 0 Å². The maximum atomic E-state index is 11.9. The van der Waals surface area contributed by atoms with Gasteiger partial charge in [-0.25, -0.2) is 5.43 Å². The van der Waals surface area contributed by atoms with Crippen molar-refractivity contribution >= 4 is 41.0 Å². The molecule has 2 aromatic carbocycles. The third-order valence-corrected chi connectivity index (χ3v) is 3.83. The summed E-state index contributed by atoms with van der Waals surface area (Å²) in [6.45, 7) is 1.44. The third-order valence-electron chi connectivity index (χ3n) is 3.50. The fourth-order valence-corrected chi connectivity index (χ4v) is 2.64. The van der Waals surface area contributed by atoms with E-state index in [2.05, 4.69) is 15.4 Å². The number of hydrogen-bond donors (Lipinski definition) is 2. The van der Waals surface area contributed by atoms with E-state index < -0.39 is 5.91 Å². The number of carbonyl (C=O) groups is 1. The average Bonchev–Trinajstić information content (AvgIpc) is 2.62. The summed E-state index contributed by atoms with van der Waals surface area (Å²) in [5.74, 6) is 0.497. The number of anilines is 1. The molecular formula is C18H19Cl2N3O2. The first-order valence-corrected chi connectivity index (χ1v) is 8.81. The summed E-state index contributed by atoms with van der Waals surface area (Å²) < 4.78 is 0. The smallest absolute Gasteiger partial charge is 0.275 e. The van der Waals surface area contributed by atoms with Gasteiger partial charge in [0.05, 0.1) is 11.8 Å². The fourth-order valence-electron chi connectivity index (χ4n) is 2.24. The summed E-state index contributed by atoms with van der Waals surface area (Å²) in [7, 11) is 0. The number of benzene rings is 2. The van der Waals surface area contributed by atoms with Crippen LogP contribution < -0.4 is 10.3 Å². The van der Waals surface area contributed by atoms with E-state index in [1.165, 1.54) is 18.3 Å². The number of amides is 1. The third kappa shape index (κ3) is 5.66. The zero-order valence-electron chi connectivity index (χ0n) is 13.5. The number of halogens is 2. The second kappa shape index (κ2) is 9.91. The summed E-state index contributed by atoms with van der Waals surface area (Å²) in [5.41, 5.74) is 4.42. The Bertz CT molecular complexity index is 715. The van der Waals surface area contributed by atoms with E-state index in [1.807, 2.05) is 24.3 Å². The molecule has 0 bridgehead atoms. The van der Waals surface area contributed by atoms with E-state index in [0.29, 0.717) is 11.8 Å². The van der Waals surface area contributed by atoms with Crippen LogP contribution in [0.1, 0.15) is 15.9 Å². The van der Waals surface area contributed by atoms with Gasteiger partial charge in [0.25, 0.3) is 5.91 Å². The van der Waals surface area contributed by atoms with Crippen LogP contribution in [0, 0.1) is 0 Å². The number of para-hydroxylation sites is 1. The maximum absolute atomic E-state index is 11.9. The zero-order valence-corrected chi connectivity index (χ0v) is 15.0. The van der Waals surface area contributed by atoms with Crippen LogP contribution in [0.25, 0.3) is 0 Å². The molecule has 0 spiro atoms. The summed E-state index contributed by atoms with van der Waals surface area (Å²) in [6.07, 6.45) is 1.54. The molecule has 1 amide bonds. The molecule has 0 aliphatic rings. The topological polar surface area (TPSA) is 64.9 Å². The monoisotopic (exact) mass is 379 g/mol. The van der Waals surface area contributed by atoms with Crippen LogP contribution in [-0.2, 0) is 0 Å². The lowest BCUT2D eigenvalue weighted by Gasteiger charge is -2.22. The minimum Gasteiger partial charge on any atom is -0.507 e. The number of carbonyl (C=O) groups excluding carboxylic acids is 1. The van der Waals surface area contributed by atoms with Crippen molar-refractivity contribution in [3.63, 3.8) is 0 Å². The summed E-state index contributed by atoms with van der Waals surface area (Å²) in [6, 6.07) is 14.0. The number of hydrazone groups is 1. The maximum Gasteiger partial charge on any atom is 0.275 e. The van der Waals surface area contributed by atoms with Gasteiger partial charge in [-0.3, -0.25) is 4.79 Å². The molecule has 0 heterocycles. The first-order chi connectivity index (χ1) is 12.2. The lowest BCUT2D eigenvalue weighted by atomic mass is 10.2. The molecule has 0 aliphatic heterocycles. The highest BCUT2D eigenvalue weighted by molar-refractivity contribution is 6.18. The number of phenolic OH excluding ortho intramolecular Hbond substituents is 1. The van der Waals surface area contributed by atoms with E-state index in [-0.39, 0.29) is 11.3 Å². The van der Waals surface area contributed by atoms with Crippen LogP contribution in [0.4, 0.5) is 5.69 Å². The molecule has 7 heteroatoms. The van der Waals surface area contributed by atoms with Crippen molar-refractivity contribution in [2.45, 2.75) is 0 Å². The molecule has 2 N–H and O–H groups in total. The van der Waals surface area contributed by atoms with E-state index in [9.17, 15) is 9.90 Å². The number of nitrogens with one attached hydrogen (secondary N) is 1. The van der Waals surface area contributed by atoms with E-state index in [1.54, 1.807) is 12.1 Å². The summed E-state index contributed by atoms with van der Waals surface area (Å²) in [4.78, 5) is 14.0. The van der Waals surface area contributed by atoms with Crippen LogP contribution in [-0.4, -0.2) is 42.1 Å². The van der Waals surface area contributed by atoms with Crippen LogP contribution in [0.3, 0.4) is 0 Å². The molecule has 0 aliphatic carbocycles. The van der Waals surface area contributed by atoms with Crippen LogP contribution in [0.5, 0.6) is 5.75 Å². The van der Waals surface area contributed by atoms with Gasteiger partial charge < -0.3 is 10.0 Å². The van der Waals surface area contributed by atoms with Gasteiger partial charge in [-0.15, -0.1) is 23.2 Å². The molecule has 0 aromatic heterocycles. The van der Waals surface area contributed by atoms with Gasteiger partial charge in [-0.2, -0.15) is 5.10 Å². The Kier molecular flexibility index (Phi) is 7.57. The summed E-state index contributed by atoms with van der Waals surface area (Å²) in [5, 5.41) is 13.5. The minimum atomic E-state index is -0.471. The normalized spacial score (nSPS) is 10.8. The Morgan fingerprint density at radius 1 is 1.08 bits per heavy atom. The first-order valence-electron chi connectivity index (χ1n) is 7.74. The Labute approximate surface area is 156 Å².